The second-order valence-electron chi connectivity index (χ2n) is 7.75. The molecule has 0 radical (unpaired) electrons. The number of nitrogens with two attached hydrogens (primary N) is 1. The van der Waals surface area contributed by atoms with Gasteiger partial charge < -0.3 is 15.4 Å². The van der Waals surface area contributed by atoms with Crippen LogP contribution in [0.25, 0.3) is 11.1 Å². The summed E-state index contributed by atoms with van der Waals surface area (Å²) in [6.07, 6.45) is 9.04. The predicted molar refractivity (Wildman–Crippen MR) is 124 cm³/mol. The average Bonchev–Trinajstić information content (AvgIpc) is 3.09. The summed E-state index contributed by atoms with van der Waals surface area (Å²) in [5.41, 5.74) is 10.8. The molecular weight excluding hydrogens is 402 g/mol. The Kier molecular flexibility index (Phi) is 4.52. The molecule has 3 aromatic rings. The van der Waals surface area contributed by atoms with E-state index >= 15 is 0 Å². The summed E-state index contributed by atoms with van der Waals surface area (Å²) >= 11 is 0. The number of hydrogen-bond donors (Lipinski definition) is 1. The molecule has 2 aromatic heterocycles. The number of anilines is 2. The van der Waals surface area contributed by atoms with Gasteiger partial charge in [0.25, 0.3) is 0 Å². The molecule has 8 heteroatoms. The Morgan fingerprint density at radius 1 is 1.22 bits per heavy atom. The topological polar surface area (TPSA) is 105 Å². The van der Waals surface area contributed by atoms with Crippen molar-refractivity contribution >= 4 is 23.2 Å². The molecular formula is C24H21N7O. The van der Waals surface area contributed by atoms with Crippen LogP contribution in [0.1, 0.15) is 29.8 Å². The first-order chi connectivity index (χ1) is 15.5. The van der Waals surface area contributed by atoms with E-state index in [2.05, 4.69) is 28.3 Å². The molecule has 4 heterocycles. The minimum atomic E-state index is -0.312. The van der Waals surface area contributed by atoms with E-state index in [0.717, 1.165) is 16.8 Å². The highest BCUT2D eigenvalue weighted by Crippen LogP contribution is 2.39. The van der Waals surface area contributed by atoms with Gasteiger partial charge in [0, 0.05) is 30.6 Å². The fraction of sp³-hybridized carbons (Fsp3) is 0.167. The number of hydrogen-bond acceptors (Lipinski definition) is 7. The van der Waals surface area contributed by atoms with Crippen LogP contribution in [-0.4, -0.2) is 20.6 Å². The van der Waals surface area contributed by atoms with Gasteiger partial charge >= 0.3 is 0 Å². The number of aromatic nitrogens is 3. The molecule has 2 bridgehead atoms. The smallest absolute Gasteiger partial charge is 0.185 e. The highest BCUT2D eigenvalue weighted by Gasteiger charge is 2.25. The van der Waals surface area contributed by atoms with Gasteiger partial charge in [0.1, 0.15) is 23.7 Å². The van der Waals surface area contributed by atoms with Crippen LogP contribution in [0.5, 0.6) is 5.75 Å². The van der Waals surface area contributed by atoms with E-state index in [1.54, 1.807) is 19.3 Å². The lowest BCUT2D eigenvalue weighted by atomic mass is 10.0. The van der Waals surface area contributed by atoms with E-state index in [1.807, 2.05) is 49.2 Å². The largest absolute Gasteiger partial charge is 0.482 e. The summed E-state index contributed by atoms with van der Waals surface area (Å²) in [7, 11) is 1.72. The van der Waals surface area contributed by atoms with Crippen LogP contribution < -0.4 is 15.4 Å². The summed E-state index contributed by atoms with van der Waals surface area (Å²) in [6.45, 7) is 4.02. The maximum absolute atomic E-state index is 9.80. The second kappa shape index (κ2) is 7.39. The number of pyridine rings is 1. The zero-order valence-electron chi connectivity index (χ0n) is 17.9. The SMILES string of the molecule is Cc1ccc2c(c1)[C@@H](C)Oc1cc(cnc1N)-c1c(nn(C)c1C#N)/N=C1\C=CC=CN12. The van der Waals surface area contributed by atoms with E-state index in [0.29, 0.717) is 34.2 Å². The number of ether oxygens (including phenoxy) is 1. The van der Waals surface area contributed by atoms with Gasteiger partial charge in [-0.1, -0.05) is 23.8 Å². The van der Waals surface area contributed by atoms with E-state index < -0.39 is 0 Å². The first-order valence-electron chi connectivity index (χ1n) is 10.2. The van der Waals surface area contributed by atoms with Crippen molar-refractivity contribution in [3.05, 3.63) is 71.7 Å². The summed E-state index contributed by atoms with van der Waals surface area (Å²) in [5.74, 6) is 1.82. The van der Waals surface area contributed by atoms with Crippen LogP contribution in [0, 0.1) is 18.3 Å². The lowest BCUT2D eigenvalue weighted by Gasteiger charge is -2.28. The average molecular weight is 423 g/mol. The minimum absolute atomic E-state index is 0.279. The second-order valence-corrected chi connectivity index (χ2v) is 7.75. The Labute approximate surface area is 185 Å². The predicted octanol–water partition coefficient (Wildman–Crippen LogP) is 4.32. The molecule has 0 saturated carbocycles. The maximum Gasteiger partial charge on any atom is 0.185 e. The highest BCUT2D eigenvalue weighted by atomic mass is 16.5. The Balaban J connectivity index is 1.85. The maximum atomic E-state index is 9.80. The number of benzene rings is 1. The fourth-order valence-corrected chi connectivity index (χ4v) is 3.98. The third-order valence-corrected chi connectivity index (χ3v) is 5.55. The molecule has 2 N–H and O–H groups in total. The lowest BCUT2D eigenvalue weighted by Crippen LogP contribution is -2.27. The Morgan fingerprint density at radius 2 is 2.06 bits per heavy atom. The Bertz CT molecular complexity index is 1370. The molecule has 0 amide bonds. The molecule has 1 aromatic carbocycles. The van der Waals surface area contributed by atoms with Gasteiger partial charge in [-0.2, -0.15) is 10.4 Å². The molecule has 2 aliphatic heterocycles. The van der Waals surface area contributed by atoms with Gasteiger partial charge in [0.2, 0.25) is 0 Å². The Hall–Kier alpha value is -4.38. The van der Waals surface area contributed by atoms with Crippen molar-refractivity contribution in [2.75, 3.05) is 10.6 Å². The molecule has 0 spiro atoms. The van der Waals surface area contributed by atoms with E-state index in [1.165, 1.54) is 4.68 Å². The summed E-state index contributed by atoms with van der Waals surface area (Å²) in [4.78, 5) is 11.2. The van der Waals surface area contributed by atoms with Crippen molar-refractivity contribution in [1.82, 2.24) is 14.8 Å². The minimum Gasteiger partial charge on any atom is -0.482 e. The molecule has 0 unspecified atom stereocenters. The van der Waals surface area contributed by atoms with Gasteiger partial charge in [-0.25, -0.2) is 9.98 Å². The third-order valence-electron chi connectivity index (χ3n) is 5.55. The van der Waals surface area contributed by atoms with E-state index in [-0.39, 0.29) is 11.9 Å². The first-order valence-corrected chi connectivity index (χ1v) is 10.2. The molecule has 158 valence electrons. The number of amidine groups is 1. The normalized spacial score (nSPS) is 18.1. The number of nitrogen functional groups attached to an aromatic ring is 1. The number of aryl methyl sites for hydroxylation is 2. The van der Waals surface area contributed by atoms with Gasteiger partial charge in [-0.05, 0) is 38.1 Å². The first kappa shape index (κ1) is 19.6. The number of allylic oxidation sites excluding steroid dienone is 2. The van der Waals surface area contributed by atoms with Crippen LogP contribution in [0.4, 0.5) is 17.3 Å². The van der Waals surface area contributed by atoms with Gasteiger partial charge in [0.15, 0.2) is 17.4 Å². The van der Waals surface area contributed by atoms with Crippen molar-refractivity contribution in [3.8, 4) is 22.9 Å². The van der Waals surface area contributed by atoms with Crippen molar-refractivity contribution in [1.29, 1.82) is 5.26 Å². The molecule has 5 rings (SSSR count). The van der Waals surface area contributed by atoms with Crippen molar-refractivity contribution in [2.45, 2.75) is 20.0 Å². The van der Waals surface area contributed by atoms with Gasteiger partial charge in [0.05, 0.1) is 11.3 Å². The number of nitrogens with zero attached hydrogens (tertiary/aromatic N) is 6. The van der Waals surface area contributed by atoms with Crippen LogP contribution >= 0.6 is 0 Å². The monoisotopic (exact) mass is 423 g/mol. The fourth-order valence-electron chi connectivity index (χ4n) is 3.98. The lowest BCUT2D eigenvalue weighted by molar-refractivity contribution is 0.228. The van der Waals surface area contributed by atoms with Crippen LogP contribution in [-0.2, 0) is 7.05 Å². The van der Waals surface area contributed by atoms with Crippen LogP contribution in [0.15, 0.2) is 59.9 Å². The molecule has 2 aliphatic rings. The zero-order chi connectivity index (χ0) is 22.4. The molecule has 32 heavy (non-hydrogen) atoms. The van der Waals surface area contributed by atoms with Crippen LogP contribution in [0.3, 0.4) is 0 Å². The summed E-state index contributed by atoms with van der Waals surface area (Å²) < 4.78 is 7.83. The highest BCUT2D eigenvalue weighted by molar-refractivity contribution is 6.10. The quantitative estimate of drug-likeness (QED) is 0.577. The molecule has 8 nitrogen and oxygen atoms in total. The van der Waals surface area contributed by atoms with E-state index in [4.69, 9.17) is 15.5 Å². The van der Waals surface area contributed by atoms with Gasteiger partial charge in [-0.15, -0.1) is 0 Å². The molecule has 1 atom stereocenters. The number of nitriles is 1. The summed E-state index contributed by atoms with van der Waals surface area (Å²) in [6, 6.07) is 10.2. The number of fused-ring (bicyclic) bond motifs is 7. The summed E-state index contributed by atoms with van der Waals surface area (Å²) in [5, 5.41) is 14.3. The van der Waals surface area contributed by atoms with Crippen molar-refractivity contribution < 1.29 is 4.74 Å². The number of aliphatic imine (C=N–C) groups is 1. The molecule has 0 fully saturated rings. The number of rotatable bonds is 0. The Morgan fingerprint density at radius 3 is 2.88 bits per heavy atom. The van der Waals surface area contributed by atoms with Crippen molar-refractivity contribution in [2.24, 2.45) is 12.0 Å². The van der Waals surface area contributed by atoms with E-state index in [9.17, 15) is 5.26 Å². The zero-order valence-corrected chi connectivity index (χ0v) is 17.9. The van der Waals surface area contributed by atoms with Crippen molar-refractivity contribution in [3.63, 3.8) is 0 Å². The van der Waals surface area contributed by atoms with Gasteiger partial charge in [-0.3, -0.25) is 4.68 Å². The molecule has 0 aliphatic carbocycles. The third kappa shape index (κ3) is 3.11. The van der Waals surface area contributed by atoms with Crippen LogP contribution in [0.2, 0.25) is 0 Å². The molecule has 0 saturated heterocycles. The standard InChI is InChI=1S/C24H21N7O/c1-14-7-8-18-17(10-14)15(2)32-20-11-16(13-27-23(20)26)22-19(12-25)30(3)29-24(22)28-21-6-4-5-9-31(18)21/h4-11,13,15H,1-3H3,(H2,26,27)/b28-21+/t15-/m1/s1.